The van der Waals surface area contributed by atoms with E-state index in [1.54, 1.807) is 37.3 Å². The molecule has 0 unspecified atom stereocenters. The van der Waals surface area contributed by atoms with E-state index in [2.05, 4.69) is 21.2 Å². The molecule has 4 nitrogen and oxygen atoms in total. The zero-order valence-electron chi connectivity index (χ0n) is 11.5. The Morgan fingerprint density at radius 3 is 2.38 bits per heavy atom. The van der Waals surface area contributed by atoms with Crippen LogP contribution in [-0.2, 0) is 5.33 Å². The molecule has 0 aliphatic heterocycles. The van der Waals surface area contributed by atoms with Gasteiger partial charge in [-0.25, -0.2) is 0 Å². The Morgan fingerprint density at radius 2 is 1.81 bits per heavy atom. The van der Waals surface area contributed by atoms with E-state index in [0.717, 1.165) is 10.9 Å². The lowest BCUT2D eigenvalue weighted by molar-refractivity contribution is 0.0995. The van der Waals surface area contributed by atoms with Crippen molar-refractivity contribution in [2.45, 2.75) is 12.3 Å². The predicted octanol–water partition coefficient (Wildman–Crippen LogP) is 3.24. The molecule has 0 spiro atoms. The molecule has 0 aliphatic carbocycles. The van der Waals surface area contributed by atoms with Gasteiger partial charge in [0.2, 0.25) is 5.91 Å². The number of carbonyl (C=O) groups excluding carboxylic acids is 2. The number of nitrogens with one attached hydrogen (secondary N) is 1. The molecule has 0 atom stereocenters. The van der Waals surface area contributed by atoms with Gasteiger partial charge in [0.15, 0.2) is 0 Å². The summed E-state index contributed by atoms with van der Waals surface area (Å²) in [6, 6.07) is 12.4. The summed E-state index contributed by atoms with van der Waals surface area (Å²) < 4.78 is 0. The summed E-state index contributed by atoms with van der Waals surface area (Å²) in [6.45, 7) is 1.75. The van der Waals surface area contributed by atoms with Crippen molar-refractivity contribution in [2.24, 2.45) is 5.73 Å². The number of amides is 2. The summed E-state index contributed by atoms with van der Waals surface area (Å²) in [6.07, 6.45) is 0. The lowest BCUT2D eigenvalue weighted by atomic mass is 10.1. The zero-order valence-corrected chi connectivity index (χ0v) is 13.1. The third-order valence-corrected chi connectivity index (χ3v) is 3.87. The second-order valence-corrected chi connectivity index (χ2v) is 5.19. The van der Waals surface area contributed by atoms with E-state index in [1.165, 1.54) is 0 Å². The fourth-order valence-corrected chi connectivity index (χ4v) is 2.35. The first kappa shape index (κ1) is 15.3. The number of hydrogen-bond donors (Lipinski definition) is 2. The Hall–Kier alpha value is -2.14. The fourth-order valence-electron chi connectivity index (χ4n) is 1.98. The lowest BCUT2D eigenvalue weighted by Crippen LogP contribution is -2.16. The highest BCUT2D eigenvalue weighted by Crippen LogP contribution is 2.19. The molecule has 0 heterocycles. The molecule has 0 aromatic heterocycles. The molecule has 0 radical (unpaired) electrons. The van der Waals surface area contributed by atoms with Gasteiger partial charge in [-0.2, -0.15) is 0 Å². The molecule has 3 N–H and O–H groups in total. The van der Waals surface area contributed by atoms with Crippen LogP contribution in [0, 0.1) is 6.92 Å². The molecular weight excluding hydrogens is 332 g/mol. The molecule has 2 amide bonds. The quantitative estimate of drug-likeness (QED) is 0.834. The molecule has 0 saturated carbocycles. The smallest absolute Gasteiger partial charge is 0.255 e. The third-order valence-electron chi connectivity index (χ3n) is 3.22. The molecule has 0 aliphatic rings. The van der Waals surface area contributed by atoms with Gasteiger partial charge >= 0.3 is 0 Å². The molecule has 5 heteroatoms. The minimum absolute atomic E-state index is 0.221. The van der Waals surface area contributed by atoms with Crippen LogP contribution in [0.15, 0.2) is 42.5 Å². The Balaban J connectivity index is 2.23. The van der Waals surface area contributed by atoms with Gasteiger partial charge in [-0.3, -0.25) is 9.59 Å². The van der Waals surface area contributed by atoms with Crippen molar-refractivity contribution in [2.75, 3.05) is 5.32 Å². The highest BCUT2D eigenvalue weighted by atomic mass is 79.9. The molecule has 2 aromatic rings. The molecule has 108 valence electrons. The Bertz CT molecular complexity index is 681. The summed E-state index contributed by atoms with van der Waals surface area (Å²) in [5.74, 6) is -0.730. The van der Waals surface area contributed by atoms with Gasteiger partial charge in [0.05, 0.1) is 0 Å². The average molecular weight is 347 g/mol. The fraction of sp³-hybridized carbons (Fsp3) is 0.125. The Morgan fingerprint density at radius 1 is 1.14 bits per heavy atom. The van der Waals surface area contributed by atoms with Crippen LogP contribution in [0.5, 0.6) is 0 Å². The van der Waals surface area contributed by atoms with Crippen LogP contribution in [0.3, 0.4) is 0 Å². The molecule has 21 heavy (non-hydrogen) atoms. The van der Waals surface area contributed by atoms with Crippen LogP contribution < -0.4 is 11.1 Å². The summed E-state index contributed by atoms with van der Waals surface area (Å²) in [5, 5.41) is 3.55. The van der Waals surface area contributed by atoms with Crippen molar-refractivity contribution in [3.8, 4) is 0 Å². The summed E-state index contributed by atoms with van der Waals surface area (Å²) in [7, 11) is 0. The van der Waals surface area contributed by atoms with Crippen LogP contribution in [0.25, 0.3) is 0 Å². The SMILES string of the molecule is Cc1c(NC(=O)c2ccc(CBr)cc2)cccc1C(N)=O. The average Bonchev–Trinajstić information content (AvgIpc) is 2.49. The third kappa shape index (κ3) is 3.49. The Kier molecular flexibility index (Phi) is 4.75. The van der Waals surface area contributed by atoms with E-state index in [4.69, 9.17) is 5.73 Å². The summed E-state index contributed by atoms with van der Waals surface area (Å²) in [4.78, 5) is 23.5. The van der Waals surface area contributed by atoms with Crippen LogP contribution in [-0.4, -0.2) is 11.8 Å². The number of anilines is 1. The molecule has 0 fully saturated rings. The maximum absolute atomic E-state index is 12.2. The molecule has 2 rings (SSSR count). The van der Waals surface area contributed by atoms with Crippen molar-refractivity contribution in [1.29, 1.82) is 0 Å². The normalized spacial score (nSPS) is 10.2. The molecule has 0 bridgehead atoms. The standard InChI is InChI=1S/C16H15BrN2O2/c1-10-13(15(18)20)3-2-4-14(10)19-16(21)12-7-5-11(9-17)6-8-12/h2-8H,9H2,1H3,(H2,18,20)(H,19,21). The zero-order chi connectivity index (χ0) is 15.4. The first-order valence-corrected chi connectivity index (χ1v) is 7.50. The molecular formula is C16H15BrN2O2. The van der Waals surface area contributed by atoms with Gasteiger partial charge in [-0.05, 0) is 42.3 Å². The number of halogens is 1. The minimum atomic E-state index is -0.509. The van der Waals surface area contributed by atoms with Gasteiger partial charge in [-0.15, -0.1) is 0 Å². The number of alkyl halides is 1. The predicted molar refractivity (Wildman–Crippen MR) is 86.7 cm³/mol. The van der Waals surface area contributed by atoms with E-state index >= 15 is 0 Å². The number of rotatable bonds is 4. The first-order valence-electron chi connectivity index (χ1n) is 6.38. The monoisotopic (exact) mass is 346 g/mol. The van der Waals surface area contributed by atoms with E-state index in [1.807, 2.05) is 12.1 Å². The van der Waals surface area contributed by atoms with Gasteiger partial charge in [0.1, 0.15) is 0 Å². The van der Waals surface area contributed by atoms with Crippen LogP contribution in [0.4, 0.5) is 5.69 Å². The second-order valence-electron chi connectivity index (χ2n) is 4.63. The van der Waals surface area contributed by atoms with Crippen molar-refractivity contribution >= 4 is 33.4 Å². The van der Waals surface area contributed by atoms with Gasteiger partial charge in [0.25, 0.3) is 5.91 Å². The Labute approximate surface area is 131 Å². The summed E-state index contributed by atoms with van der Waals surface area (Å²) in [5.41, 5.74) is 8.61. The highest BCUT2D eigenvalue weighted by Gasteiger charge is 2.11. The van der Waals surface area contributed by atoms with Crippen LogP contribution in [0.2, 0.25) is 0 Å². The number of nitrogens with two attached hydrogens (primary N) is 1. The number of hydrogen-bond acceptors (Lipinski definition) is 2. The van der Waals surface area contributed by atoms with E-state index in [-0.39, 0.29) is 5.91 Å². The second kappa shape index (κ2) is 6.54. The maximum Gasteiger partial charge on any atom is 0.255 e. The van der Waals surface area contributed by atoms with E-state index in [9.17, 15) is 9.59 Å². The number of benzene rings is 2. The van der Waals surface area contributed by atoms with Crippen LogP contribution in [0.1, 0.15) is 31.8 Å². The van der Waals surface area contributed by atoms with Crippen molar-refractivity contribution in [1.82, 2.24) is 0 Å². The topological polar surface area (TPSA) is 72.2 Å². The largest absolute Gasteiger partial charge is 0.366 e. The number of primary amides is 1. The molecule has 0 saturated heterocycles. The van der Waals surface area contributed by atoms with Crippen molar-refractivity contribution in [3.63, 3.8) is 0 Å². The van der Waals surface area contributed by atoms with Crippen LogP contribution >= 0.6 is 15.9 Å². The minimum Gasteiger partial charge on any atom is -0.366 e. The van der Waals surface area contributed by atoms with Gasteiger partial charge < -0.3 is 11.1 Å². The maximum atomic E-state index is 12.2. The summed E-state index contributed by atoms with van der Waals surface area (Å²) >= 11 is 3.36. The lowest BCUT2D eigenvalue weighted by Gasteiger charge is -2.11. The van der Waals surface area contributed by atoms with Crippen molar-refractivity contribution < 1.29 is 9.59 Å². The van der Waals surface area contributed by atoms with Crippen molar-refractivity contribution in [3.05, 3.63) is 64.7 Å². The van der Waals surface area contributed by atoms with Gasteiger partial charge in [0, 0.05) is 22.1 Å². The molecule has 2 aromatic carbocycles. The highest BCUT2D eigenvalue weighted by molar-refractivity contribution is 9.08. The van der Waals surface area contributed by atoms with E-state index in [0.29, 0.717) is 22.4 Å². The number of carbonyl (C=O) groups is 2. The first-order chi connectivity index (χ1) is 10.0. The van der Waals surface area contributed by atoms with Gasteiger partial charge in [-0.1, -0.05) is 34.1 Å². The van der Waals surface area contributed by atoms with E-state index < -0.39 is 5.91 Å².